The van der Waals surface area contributed by atoms with Gasteiger partial charge < -0.3 is 5.32 Å². The Balaban J connectivity index is 1.63. The zero-order valence-corrected chi connectivity index (χ0v) is 16.3. The molecule has 0 spiro atoms. The first-order chi connectivity index (χ1) is 12.4. The molecule has 2 saturated carbocycles. The van der Waals surface area contributed by atoms with Gasteiger partial charge in [0.05, 0.1) is 16.9 Å². The van der Waals surface area contributed by atoms with Gasteiger partial charge in [-0.2, -0.15) is 0 Å². The molecule has 0 radical (unpaired) electrons. The molecule has 2 aliphatic carbocycles. The van der Waals surface area contributed by atoms with Crippen LogP contribution in [0.1, 0.15) is 37.4 Å². The van der Waals surface area contributed by atoms with Gasteiger partial charge in [0.2, 0.25) is 5.91 Å². The second-order valence-electron chi connectivity index (χ2n) is 7.63. The minimum atomic E-state index is -0.0703. The SMILES string of the molecule is Cc1cc([C@@]23C[C@@H]2[C@H](C)CC[C@@H]3C(=O)Nc2cnc(Cl)c(Cl)c2)ccn1. The number of aromatic nitrogens is 2. The van der Waals surface area contributed by atoms with E-state index in [-0.39, 0.29) is 22.4 Å². The van der Waals surface area contributed by atoms with E-state index in [1.165, 1.54) is 5.56 Å². The van der Waals surface area contributed by atoms with Crippen LogP contribution in [0.15, 0.2) is 30.6 Å². The lowest BCUT2D eigenvalue weighted by molar-refractivity contribution is -0.122. The summed E-state index contributed by atoms with van der Waals surface area (Å²) >= 11 is 11.9. The van der Waals surface area contributed by atoms with E-state index in [1.54, 1.807) is 12.3 Å². The molecule has 2 heterocycles. The average Bonchev–Trinajstić information content (AvgIpc) is 3.36. The molecule has 0 saturated heterocycles. The fraction of sp³-hybridized carbons (Fsp3) is 0.450. The van der Waals surface area contributed by atoms with Gasteiger partial charge >= 0.3 is 0 Å². The molecule has 136 valence electrons. The van der Waals surface area contributed by atoms with Crippen LogP contribution in [0.3, 0.4) is 0 Å². The van der Waals surface area contributed by atoms with Gasteiger partial charge in [-0.3, -0.25) is 9.78 Å². The Morgan fingerprint density at radius 2 is 2.08 bits per heavy atom. The summed E-state index contributed by atoms with van der Waals surface area (Å²) in [5.41, 5.74) is 2.75. The number of pyridine rings is 2. The molecule has 0 aromatic carbocycles. The van der Waals surface area contributed by atoms with Crippen molar-refractivity contribution in [2.24, 2.45) is 17.8 Å². The zero-order chi connectivity index (χ0) is 18.5. The predicted molar refractivity (Wildman–Crippen MR) is 104 cm³/mol. The first-order valence-electron chi connectivity index (χ1n) is 8.97. The monoisotopic (exact) mass is 389 g/mol. The van der Waals surface area contributed by atoms with Crippen LogP contribution in [0.25, 0.3) is 0 Å². The maximum Gasteiger partial charge on any atom is 0.228 e. The lowest BCUT2D eigenvalue weighted by Gasteiger charge is -2.34. The molecule has 26 heavy (non-hydrogen) atoms. The van der Waals surface area contributed by atoms with E-state index in [4.69, 9.17) is 23.2 Å². The number of hydrogen-bond acceptors (Lipinski definition) is 3. The van der Waals surface area contributed by atoms with E-state index in [0.29, 0.717) is 22.5 Å². The van der Waals surface area contributed by atoms with Gasteiger partial charge in [-0.1, -0.05) is 30.1 Å². The van der Waals surface area contributed by atoms with Crippen LogP contribution in [0.2, 0.25) is 10.2 Å². The van der Waals surface area contributed by atoms with Gasteiger partial charge in [0, 0.05) is 23.2 Å². The number of halogens is 2. The highest BCUT2D eigenvalue weighted by Gasteiger charge is 2.65. The van der Waals surface area contributed by atoms with Gasteiger partial charge in [0.15, 0.2) is 0 Å². The van der Waals surface area contributed by atoms with E-state index in [2.05, 4.69) is 34.3 Å². The van der Waals surface area contributed by atoms with Gasteiger partial charge in [-0.25, -0.2) is 4.98 Å². The zero-order valence-electron chi connectivity index (χ0n) is 14.8. The highest BCUT2D eigenvalue weighted by molar-refractivity contribution is 6.41. The van der Waals surface area contributed by atoms with Gasteiger partial charge in [0.1, 0.15) is 5.15 Å². The van der Waals surface area contributed by atoms with Crippen molar-refractivity contribution in [3.8, 4) is 0 Å². The maximum absolute atomic E-state index is 13.1. The smallest absolute Gasteiger partial charge is 0.228 e. The number of hydrogen-bond donors (Lipinski definition) is 1. The maximum atomic E-state index is 13.1. The summed E-state index contributed by atoms with van der Waals surface area (Å²) in [5.74, 6) is 1.17. The Morgan fingerprint density at radius 3 is 2.81 bits per heavy atom. The van der Waals surface area contributed by atoms with E-state index in [9.17, 15) is 4.79 Å². The Labute approximate surface area is 163 Å². The van der Waals surface area contributed by atoms with Crippen LogP contribution >= 0.6 is 23.2 Å². The fourth-order valence-electron chi connectivity index (χ4n) is 4.76. The first-order valence-corrected chi connectivity index (χ1v) is 9.72. The van der Waals surface area contributed by atoms with Crippen LogP contribution in [-0.4, -0.2) is 15.9 Å². The van der Waals surface area contributed by atoms with Crippen LogP contribution in [-0.2, 0) is 10.2 Å². The Bertz CT molecular complexity index is 872. The van der Waals surface area contributed by atoms with Crippen molar-refractivity contribution in [1.82, 2.24) is 9.97 Å². The molecule has 1 N–H and O–H groups in total. The van der Waals surface area contributed by atoms with Crippen molar-refractivity contribution in [2.75, 3.05) is 5.32 Å². The third-order valence-corrected chi connectivity index (χ3v) is 6.78. The number of aryl methyl sites for hydroxylation is 1. The summed E-state index contributed by atoms with van der Waals surface area (Å²) in [7, 11) is 0. The molecule has 2 aliphatic rings. The first kappa shape index (κ1) is 17.7. The number of nitrogens with zero attached hydrogens (tertiary/aromatic N) is 2. The third-order valence-electron chi connectivity index (χ3n) is 6.09. The van der Waals surface area contributed by atoms with Gasteiger partial charge in [-0.15, -0.1) is 0 Å². The topological polar surface area (TPSA) is 54.9 Å². The van der Waals surface area contributed by atoms with E-state index in [1.807, 2.05) is 13.1 Å². The minimum Gasteiger partial charge on any atom is -0.324 e. The molecule has 6 heteroatoms. The predicted octanol–water partition coefficient (Wildman–Crippen LogP) is 5.03. The number of anilines is 1. The number of rotatable bonds is 3. The quantitative estimate of drug-likeness (QED) is 0.748. The molecule has 1 amide bonds. The van der Waals surface area contributed by atoms with Crippen LogP contribution in [0, 0.1) is 24.7 Å². The van der Waals surface area contributed by atoms with Crippen molar-refractivity contribution < 1.29 is 4.79 Å². The van der Waals surface area contributed by atoms with Crippen LogP contribution in [0.4, 0.5) is 5.69 Å². The van der Waals surface area contributed by atoms with E-state index >= 15 is 0 Å². The number of carbonyl (C=O) groups is 1. The lowest BCUT2D eigenvalue weighted by atomic mass is 9.70. The Kier molecular flexibility index (Phi) is 4.44. The molecule has 0 aliphatic heterocycles. The second-order valence-corrected chi connectivity index (χ2v) is 8.40. The minimum absolute atomic E-state index is 0.0362. The molecular formula is C20H21Cl2N3O. The second kappa shape index (κ2) is 6.50. The molecule has 4 atom stereocenters. The van der Waals surface area contributed by atoms with Crippen molar-refractivity contribution in [1.29, 1.82) is 0 Å². The molecular weight excluding hydrogens is 369 g/mol. The summed E-state index contributed by atoms with van der Waals surface area (Å²) < 4.78 is 0. The summed E-state index contributed by atoms with van der Waals surface area (Å²) in [6.07, 6.45) is 6.43. The van der Waals surface area contributed by atoms with Crippen molar-refractivity contribution in [2.45, 2.75) is 38.5 Å². The third kappa shape index (κ3) is 2.89. The molecule has 4 nitrogen and oxygen atoms in total. The number of nitrogens with one attached hydrogen (secondary N) is 1. The summed E-state index contributed by atoms with van der Waals surface area (Å²) in [5, 5.41) is 3.58. The van der Waals surface area contributed by atoms with Gasteiger partial charge in [0.25, 0.3) is 0 Å². The largest absolute Gasteiger partial charge is 0.324 e. The number of carbonyl (C=O) groups excluding carboxylic acids is 1. The highest BCUT2D eigenvalue weighted by Crippen LogP contribution is 2.67. The van der Waals surface area contributed by atoms with Gasteiger partial charge in [-0.05, 0) is 61.8 Å². The van der Waals surface area contributed by atoms with E-state index in [0.717, 1.165) is 25.0 Å². The van der Waals surface area contributed by atoms with E-state index < -0.39 is 0 Å². The molecule has 0 unspecified atom stereocenters. The average molecular weight is 390 g/mol. The number of amides is 1. The highest BCUT2D eigenvalue weighted by atomic mass is 35.5. The lowest BCUT2D eigenvalue weighted by Crippen LogP contribution is -2.38. The van der Waals surface area contributed by atoms with Crippen LogP contribution < -0.4 is 5.32 Å². The fourth-order valence-corrected chi connectivity index (χ4v) is 5.02. The Morgan fingerprint density at radius 1 is 1.27 bits per heavy atom. The molecule has 2 fully saturated rings. The number of fused-ring (bicyclic) bond motifs is 1. The van der Waals surface area contributed by atoms with Crippen molar-refractivity contribution >= 4 is 34.8 Å². The molecule has 4 rings (SSSR count). The molecule has 0 bridgehead atoms. The molecule has 2 aromatic heterocycles. The molecule has 2 aromatic rings. The van der Waals surface area contributed by atoms with Crippen LogP contribution in [0.5, 0.6) is 0 Å². The Hall–Kier alpha value is -1.65. The summed E-state index contributed by atoms with van der Waals surface area (Å²) in [4.78, 5) is 21.5. The normalized spacial score (nSPS) is 29.8. The van der Waals surface area contributed by atoms with Crippen molar-refractivity contribution in [3.63, 3.8) is 0 Å². The summed E-state index contributed by atoms with van der Waals surface area (Å²) in [6, 6.07) is 5.86. The standard InChI is InChI=1S/C20H21Cl2N3O/c1-11-3-4-15(19(26)25-14-8-17(21)18(22)24-10-14)20(9-16(11)20)13-5-6-23-12(2)7-13/h5-8,10-11,15-16H,3-4,9H2,1-2H3,(H,25,26)/t11-,15-,16-,20-/m1/s1. The summed E-state index contributed by atoms with van der Waals surface area (Å²) in [6.45, 7) is 4.30. The van der Waals surface area contributed by atoms with Crippen molar-refractivity contribution in [3.05, 3.63) is 52.0 Å².